The van der Waals surface area contributed by atoms with Crippen LogP contribution in [0.5, 0.6) is 0 Å². The first-order valence-electron chi connectivity index (χ1n) is 41.3. The van der Waals surface area contributed by atoms with E-state index in [1.54, 1.807) is 0 Å². The maximum Gasteiger partial charge on any atom is 0.472 e. The van der Waals surface area contributed by atoms with Gasteiger partial charge in [-0.1, -0.05) is 357 Å². The lowest BCUT2D eigenvalue weighted by Crippen LogP contribution is -2.30. The first kappa shape index (κ1) is 97.1. The molecule has 0 saturated carbocycles. The summed E-state index contributed by atoms with van der Waals surface area (Å²) in [6.07, 6.45) is 55.5. The van der Waals surface area contributed by atoms with E-state index in [-0.39, 0.29) is 25.7 Å². The average molecular weight is 1450 g/mol. The monoisotopic (exact) mass is 1450 g/mol. The first-order valence-corrected chi connectivity index (χ1v) is 44.3. The van der Waals surface area contributed by atoms with Crippen LogP contribution in [-0.2, 0) is 65.4 Å². The van der Waals surface area contributed by atoms with Crippen LogP contribution in [0, 0.1) is 23.7 Å². The molecule has 99 heavy (non-hydrogen) atoms. The third-order valence-electron chi connectivity index (χ3n) is 19.3. The SMILES string of the molecule is CCC(C)CCCCCCCCCCCCCCCCC(=O)O[C@H](COC(=O)CCCCCCCCC(C)CC)COP(=O)(O)OC[C@H](O)COP(=O)(O)OC[C@@H](COC(=O)CCCCCCCCCCCC(C)C)OC(=O)CCCCCCCCCCCCCCCCCCC(C)C. The van der Waals surface area contributed by atoms with Gasteiger partial charge >= 0.3 is 39.5 Å². The van der Waals surface area contributed by atoms with Gasteiger partial charge in [-0.2, -0.15) is 0 Å². The molecule has 0 fully saturated rings. The molecule has 4 unspecified atom stereocenters. The van der Waals surface area contributed by atoms with Crippen LogP contribution in [0.25, 0.3) is 0 Å². The molecule has 0 radical (unpaired) electrons. The van der Waals surface area contributed by atoms with Crippen LogP contribution in [-0.4, -0.2) is 96.7 Å². The molecule has 0 aliphatic heterocycles. The van der Waals surface area contributed by atoms with Crippen molar-refractivity contribution in [2.45, 2.75) is 427 Å². The van der Waals surface area contributed by atoms with Gasteiger partial charge < -0.3 is 33.8 Å². The summed E-state index contributed by atoms with van der Waals surface area (Å²) in [4.78, 5) is 73.0. The zero-order chi connectivity index (χ0) is 73.1. The minimum Gasteiger partial charge on any atom is -0.462 e. The van der Waals surface area contributed by atoms with Crippen LogP contribution in [0.4, 0.5) is 0 Å². The molecule has 588 valence electrons. The minimum absolute atomic E-state index is 0.106. The normalized spacial score (nSPS) is 14.6. The molecule has 17 nitrogen and oxygen atoms in total. The summed E-state index contributed by atoms with van der Waals surface area (Å²) in [5, 5.41) is 10.6. The van der Waals surface area contributed by atoms with Gasteiger partial charge in [0.05, 0.1) is 26.4 Å². The number of carbonyl (C=O) groups is 4. The van der Waals surface area contributed by atoms with Crippen LogP contribution < -0.4 is 0 Å². The van der Waals surface area contributed by atoms with E-state index in [9.17, 15) is 43.2 Å². The summed E-state index contributed by atoms with van der Waals surface area (Å²) in [6, 6.07) is 0. The van der Waals surface area contributed by atoms with E-state index in [1.165, 1.54) is 205 Å². The number of unbranched alkanes of at least 4 members (excludes halogenated alkanes) is 41. The van der Waals surface area contributed by atoms with Crippen LogP contribution >= 0.6 is 15.6 Å². The van der Waals surface area contributed by atoms with Gasteiger partial charge in [0.2, 0.25) is 0 Å². The largest absolute Gasteiger partial charge is 0.472 e. The minimum atomic E-state index is -4.96. The van der Waals surface area contributed by atoms with Crippen molar-refractivity contribution < 1.29 is 80.2 Å². The van der Waals surface area contributed by atoms with Crippen LogP contribution in [0.15, 0.2) is 0 Å². The van der Waals surface area contributed by atoms with Gasteiger partial charge in [-0.25, -0.2) is 9.13 Å². The Labute approximate surface area is 607 Å². The quantitative estimate of drug-likeness (QED) is 0.0222. The van der Waals surface area contributed by atoms with Crippen molar-refractivity contribution in [3.05, 3.63) is 0 Å². The molecule has 0 saturated heterocycles. The van der Waals surface area contributed by atoms with Crippen molar-refractivity contribution in [1.29, 1.82) is 0 Å². The lowest BCUT2D eigenvalue weighted by molar-refractivity contribution is -0.161. The molecule has 0 aliphatic rings. The van der Waals surface area contributed by atoms with E-state index in [4.69, 9.17) is 37.0 Å². The van der Waals surface area contributed by atoms with Gasteiger partial charge in [0, 0.05) is 25.7 Å². The molecule has 0 amide bonds. The number of hydrogen-bond donors (Lipinski definition) is 3. The number of aliphatic hydroxyl groups is 1. The molecule has 0 heterocycles. The fourth-order valence-corrected chi connectivity index (χ4v) is 13.8. The highest BCUT2D eigenvalue weighted by molar-refractivity contribution is 7.47. The molecule has 0 aromatic carbocycles. The maximum absolute atomic E-state index is 13.1. The second-order valence-electron chi connectivity index (χ2n) is 30.2. The summed E-state index contributed by atoms with van der Waals surface area (Å²) in [5.41, 5.74) is 0. The molecular formula is C80H156O17P2. The van der Waals surface area contributed by atoms with Crippen LogP contribution in [0.2, 0.25) is 0 Å². The summed E-state index contributed by atoms with van der Waals surface area (Å²) in [5.74, 6) is 1.01. The molecule has 3 N–H and O–H groups in total. The second kappa shape index (κ2) is 69.1. The molecule has 19 heteroatoms. The Balaban J connectivity index is 5.22. The molecule has 7 atom stereocenters. The standard InChI is InChI=1S/C80H156O17P2/c1-9-72(7)58-50-42-34-28-22-18-15-16-20-24-30-37-47-55-63-80(85)97-76(67-91-78(83)61-53-45-39-38-43-51-59-73(8)10-2)69-95-99(88,89)93-65-74(81)64-92-98(86,87)94-68-75(66-90-77(82)60-52-44-35-31-25-27-33-41-49-57-71(5)6)96-79(84)62-54-46-36-29-23-19-14-12-11-13-17-21-26-32-40-48-56-70(3)4/h70-76,81H,9-69H2,1-8H3,(H,86,87)(H,88,89)/t72?,73?,74-,75-,76-/m1/s1. The molecule has 0 rings (SSSR count). The smallest absolute Gasteiger partial charge is 0.462 e. The Morgan fingerprint density at radius 1 is 0.283 bits per heavy atom. The zero-order valence-corrected chi connectivity index (χ0v) is 66.9. The van der Waals surface area contributed by atoms with E-state index in [1.807, 2.05) is 0 Å². The summed E-state index contributed by atoms with van der Waals surface area (Å²) < 4.78 is 68.7. The van der Waals surface area contributed by atoms with Crippen molar-refractivity contribution in [1.82, 2.24) is 0 Å². The topological polar surface area (TPSA) is 237 Å². The van der Waals surface area contributed by atoms with Crippen molar-refractivity contribution in [3.63, 3.8) is 0 Å². The Morgan fingerprint density at radius 3 is 0.717 bits per heavy atom. The molecular weight excluding hydrogens is 1290 g/mol. The lowest BCUT2D eigenvalue weighted by atomic mass is 9.99. The number of phosphoric acid groups is 2. The summed E-state index contributed by atoms with van der Waals surface area (Å²) >= 11 is 0. The highest BCUT2D eigenvalue weighted by Crippen LogP contribution is 2.45. The van der Waals surface area contributed by atoms with E-state index in [0.717, 1.165) is 120 Å². The Morgan fingerprint density at radius 2 is 0.485 bits per heavy atom. The Bertz CT molecular complexity index is 1940. The number of rotatable bonds is 77. The van der Waals surface area contributed by atoms with E-state index >= 15 is 0 Å². The number of aliphatic hydroxyl groups excluding tert-OH is 1. The molecule has 0 bridgehead atoms. The van der Waals surface area contributed by atoms with Gasteiger partial charge in [0.15, 0.2) is 12.2 Å². The van der Waals surface area contributed by atoms with Crippen LogP contribution in [0.1, 0.15) is 409 Å². The van der Waals surface area contributed by atoms with Gasteiger partial charge in [-0.05, 0) is 49.4 Å². The third kappa shape index (κ3) is 71.5. The van der Waals surface area contributed by atoms with E-state index in [0.29, 0.717) is 25.7 Å². The fraction of sp³-hybridized carbons (Fsp3) is 0.950. The molecule has 0 spiro atoms. The highest BCUT2D eigenvalue weighted by Gasteiger charge is 2.30. The van der Waals surface area contributed by atoms with Crippen molar-refractivity contribution in [2.75, 3.05) is 39.6 Å². The summed E-state index contributed by atoms with van der Waals surface area (Å²) in [6.45, 7) is 14.3. The Kier molecular flexibility index (Phi) is 67.8. The molecule has 0 aliphatic carbocycles. The zero-order valence-electron chi connectivity index (χ0n) is 65.1. The lowest BCUT2D eigenvalue weighted by Gasteiger charge is -2.21. The Hall–Kier alpha value is -1.94. The van der Waals surface area contributed by atoms with Crippen molar-refractivity contribution >= 4 is 39.5 Å². The molecule has 0 aromatic heterocycles. The van der Waals surface area contributed by atoms with E-state index in [2.05, 4.69) is 55.4 Å². The average Bonchev–Trinajstić information content (AvgIpc) is 1.01. The van der Waals surface area contributed by atoms with E-state index < -0.39 is 97.5 Å². The number of esters is 4. The number of hydrogen-bond acceptors (Lipinski definition) is 15. The fourth-order valence-electron chi connectivity index (χ4n) is 12.2. The van der Waals surface area contributed by atoms with Gasteiger partial charge in [-0.3, -0.25) is 37.3 Å². The third-order valence-corrected chi connectivity index (χ3v) is 21.2. The van der Waals surface area contributed by atoms with Gasteiger partial charge in [0.1, 0.15) is 19.3 Å². The maximum atomic E-state index is 13.1. The van der Waals surface area contributed by atoms with Crippen molar-refractivity contribution in [2.24, 2.45) is 23.7 Å². The number of phosphoric ester groups is 2. The predicted octanol–water partition coefficient (Wildman–Crippen LogP) is 23.6. The predicted molar refractivity (Wildman–Crippen MR) is 404 cm³/mol. The second-order valence-corrected chi connectivity index (χ2v) is 33.1. The highest BCUT2D eigenvalue weighted by atomic mass is 31.2. The first-order chi connectivity index (χ1) is 47.7. The number of ether oxygens (including phenoxy) is 4. The van der Waals surface area contributed by atoms with Gasteiger partial charge in [0.25, 0.3) is 0 Å². The van der Waals surface area contributed by atoms with Crippen LogP contribution in [0.3, 0.4) is 0 Å². The summed E-state index contributed by atoms with van der Waals surface area (Å²) in [7, 11) is -9.92. The number of carbonyl (C=O) groups excluding carboxylic acids is 4. The molecule has 0 aromatic rings. The van der Waals surface area contributed by atoms with Crippen molar-refractivity contribution in [3.8, 4) is 0 Å². The van der Waals surface area contributed by atoms with Gasteiger partial charge in [-0.15, -0.1) is 0 Å².